The van der Waals surface area contributed by atoms with Crippen LogP contribution in [0, 0.1) is 5.92 Å². The molecule has 9 heavy (non-hydrogen) atoms. The van der Waals surface area contributed by atoms with Gasteiger partial charge in [0.15, 0.2) is 5.78 Å². The molecule has 1 heterocycles. The Balaban J connectivity index is 2.75. The van der Waals surface area contributed by atoms with E-state index >= 15 is 0 Å². The number of rotatable bonds is 1. The van der Waals surface area contributed by atoms with Gasteiger partial charge in [0.2, 0.25) is 0 Å². The monoisotopic (exact) mass is 123 g/mol. The van der Waals surface area contributed by atoms with Crippen molar-refractivity contribution in [2.75, 3.05) is 0 Å². The van der Waals surface area contributed by atoms with Gasteiger partial charge in [0.05, 0.1) is 12.1 Å². The summed E-state index contributed by atoms with van der Waals surface area (Å²) in [6.45, 7) is 5.60. The molecule has 0 aromatic carbocycles. The Kier molecular flexibility index (Phi) is 1.47. The molecule has 2 nitrogen and oxygen atoms in total. The summed E-state index contributed by atoms with van der Waals surface area (Å²) in [6, 6.07) is 0. The van der Waals surface area contributed by atoms with Crippen LogP contribution in [0.4, 0.5) is 0 Å². The van der Waals surface area contributed by atoms with Gasteiger partial charge in [-0.25, -0.2) is 0 Å². The first kappa shape index (κ1) is 6.20. The summed E-state index contributed by atoms with van der Waals surface area (Å²) < 4.78 is 0. The fourth-order valence-electron chi connectivity index (χ4n) is 0.927. The molecule has 0 aromatic heterocycles. The minimum absolute atomic E-state index is 0.0231. The molecule has 48 valence electrons. The van der Waals surface area contributed by atoms with Gasteiger partial charge in [-0.1, -0.05) is 13.5 Å². The lowest BCUT2D eigenvalue weighted by Crippen LogP contribution is -2.08. The van der Waals surface area contributed by atoms with Gasteiger partial charge in [-0.3, -0.25) is 9.79 Å². The van der Waals surface area contributed by atoms with Crippen molar-refractivity contribution < 1.29 is 4.79 Å². The summed E-state index contributed by atoms with van der Waals surface area (Å²) in [7, 11) is 0. The lowest BCUT2D eigenvalue weighted by Gasteiger charge is -2.00. The molecule has 0 amide bonds. The van der Waals surface area contributed by atoms with Crippen LogP contribution in [0.25, 0.3) is 0 Å². The third kappa shape index (κ3) is 0.922. The van der Waals surface area contributed by atoms with E-state index in [1.54, 1.807) is 0 Å². The number of allylic oxidation sites excluding steroid dienone is 1. The molecule has 0 unspecified atom stereocenters. The average Bonchev–Trinajstić information content (AvgIpc) is 2.12. The SMILES string of the molecule is C=C1N=CC(=O)[C@@H]1CC. The Bertz CT molecular complexity index is 163. The van der Waals surface area contributed by atoms with Gasteiger partial charge in [-0.2, -0.15) is 0 Å². The third-order valence-electron chi connectivity index (χ3n) is 1.51. The van der Waals surface area contributed by atoms with Crippen LogP contribution in [0.1, 0.15) is 13.3 Å². The fraction of sp³-hybridized carbons (Fsp3) is 0.429. The molecule has 0 saturated carbocycles. The van der Waals surface area contributed by atoms with E-state index in [0.717, 1.165) is 6.42 Å². The Labute approximate surface area is 54.3 Å². The first-order chi connectivity index (χ1) is 4.25. The van der Waals surface area contributed by atoms with Crippen molar-refractivity contribution in [1.29, 1.82) is 0 Å². The van der Waals surface area contributed by atoms with Crippen molar-refractivity contribution in [3.63, 3.8) is 0 Å². The van der Waals surface area contributed by atoms with E-state index in [9.17, 15) is 4.79 Å². The van der Waals surface area contributed by atoms with E-state index in [4.69, 9.17) is 0 Å². The van der Waals surface area contributed by atoms with Crippen molar-refractivity contribution in [2.45, 2.75) is 13.3 Å². The van der Waals surface area contributed by atoms with Crippen LogP contribution >= 0.6 is 0 Å². The summed E-state index contributed by atoms with van der Waals surface area (Å²) in [5.74, 6) is 0.0764. The standard InChI is InChI=1S/C7H9NO/c1-3-6-5(2)8-4-7(6)9/h4,6H,2-3H2,1H3/t6-/m1/s1. The third-order valence-corrected chi connectivity index (χ3v) is 1.51. The molecule has 0 radical (unpaired) electrons. The number of ketones is 1. The van der Waals surface area contributed by atoms with Gasteiger partial charge in [0.25, 0.3) is 0 Å². The van der Waals surface area contributed by atoms with E-state index < -0.39 is 0 Å². The molecular weight excluding hydrogens is 114 g/mol. The normalized spacial score (nSPS) is 25.7. The lowest BCUT2D eigenvalue weighted by atomic mass is 10.0. The molecule has 2 heteroatoms. The Hall–Kier alpha value is -0.920. The van der Waals surface area contributed by atoms with Crippen LogP contribution in [0.5, 0.6) is 0 Å². The predicted molar refractivity (Wildman–Crippen MR) is 36.4 cm³/mol. The van der Waals surface area contributed by atoms with Crippen LogP contribution in [-0.4, -0.2) is 12.0 Å². The number of Topliss-reactive ketones (excluding diaryl/α,β-unsaturated/α-hetero) is 1. The molecule has 1 atom stereocenters. The lowest BCUT2D eigenvalue weighted by molar-refractivity contribution is -0.114. The predicted octanol–water partition coefficient (Wildman–Crippen LogP) is 1.18. The van der Waals surface area contributed by atoms with Gasteiger partial charge in [-0.05, 0) is 6.42 Å². The molecule has 0 aliphatic carbocycles. The van der Waals surface area contributed by atoms with Crippen LogP contribution in [0.15, 0.2) is 17.3 Å². The zero-order valence-corrected chi connectivity index (χ0v) is 5.42. The molecular formula is C7H9NO. The maximum Gasteiger partial charge on any atom is 0.182 e. The summed E-state index contributed by atoms with van der Waals surface area (Å²) in [6.07, 6.45) is 2.17. The highest BCUT2D eigenvalue weighted by Crippen LogP contribution is 2.19. The summed E-state index contributed by atoms with van der Waals surface area (Å²) in [5, 5.41) is 0. The van der Waals surface area contributed by atoms with Gasteiger partial charge >= 0.3 is 0 Å². The van der Waals surface area contributed by atoms with Crippen LogP contribution in [0.2, 0.25) is 0 Å². The fourth-order valence-corrected chi connectivity index (χ4v) is 0.927. The first-order valence-corrected chi connectivity index (χ1v) is 3.02. The quantitative estimate of drug-likeness (QED) is 0.514. The van der Waals surface area contributed by atoms with E-state index in [-0.39, 0.29) is 11.7 Å². The van der Waals surface area contributed by atoms with Crippen molar-refractivity contribution in [2.24, 2.45) is 10.9 Å². The van der Waals surface area contributed by atoms with Gasteiger partial charge in [0, 0.05) is 5.70 Å². The number of carbonyl (C=O) groups is 1. The number of hydrogen-bond donors (Lipinski definition) is 0. The summed E-state index contributed by atoms with van der Waals surface area (Å²) >= 11 is 0. The minimum atomic E-state index is -0.0231. The molecule has 0 N–H and O–H groups in total. The Morgan fingerprint density at radius 3 is 2.78 bits per heavy atom. The zero-order chi connectivity index (χ0) is 6.85. The smallest absolute Gasteiger partial charge is 0.182 e. The molecule has 0 aromatic rings. The summed E-state index contributed by atoms with van der Waals surface area (Å²) in [5.41, 5.74) is 0.711. The summed E-state index contributed by atoms with van der Waals surface area (Å²) in [4.78, 5) is 14.6. The molecule has 0 bridgehead atoms. The first-order valence-electron chi connectivity index (χ1n) is 3.02. The second-order valence-corrected chi connectivity index (χ2v) is 2.11. The molecule has 1 aliphatic rings. The zero-order valence-electron chi connectivity index (χ0n) is 5.42. The molecule has 0 spiro atoms. The molecule has 0 fully saturated rings. The van der Waals surface area contributed by atoms with Gasteiger partial charge in [0.1, 0.15) is 0 Å². The topological polar surface area (TPSA) is 29.4 Å². The second-order valence-electron chi connectivity index (χ2n) is 2.11. The van der Waals surface area contributed by atoms with Crippen LogP contribution in [-0.2, 0) is 4.79 Å². The van der Waals surface area contributed by atoms with E-state index in [2.05, 4.69) is 11.6 Å². The average molecular weight is 123 g/mol. The van der Waals surface area contributed by atoms with Crippen molar-refractivity contribution in [1.82, 2.24) is 0 Å². The van der Waals surface area contributed by atoms with Gasteiger partial charge in [-0.15, -0.1) is 0 Å². The number of hydrogen-bond acceptors (Lipinski definition) is 2. The highest BCUT2D eigenvalue weighted by atomic mass is 16.1. The Morgan fingerprint density at radius 1 is 1.89 bits per heavy atom. The highest BCUT2D eigenvalue weighted by Gasteiger charge is 2.22. The second kappa shape index (κ2) is 2.13. The number of aliphatic imine (C=N–C) groups is 1. The van der Waals surface area contributed by atoms with Crippen molar-refractivity contribution in [3.8, 4) is 0 Å². The highest BCUT2D eigenvalue weighted by molar-refractivity contribution is 6.31. The Morgan fingerprint density at radius 2 is 2.56 bits per heavy atom. The largest absolute Gasteiger partial charge is 0.292 e. The van der Waals surface area contributed by atoms with E-state index in [1.165, 1.54) is 6.21 Å². The molecule has 1 aliphatic heterocycles. The van der Waals surface area contributed by atoms with Crippen molar-refractivity contribution in [3.05, 3.63) is 12.3 Å². The maximum atomic E-state index is 10.8. The van der Waals surface area contributed by atoms with Gasteiger partial charge < -0.3 is 0 Å². The number of carbonyl (C=O) groups excluding carboxylic acids is 1. The van der Waals surface area contributed by atoms with Crippen molar-refractivity contribution >= 4 is 12.0 Å². The molecule has 1 rings (SSSR count). The molecule has 0 saturated heterocycles. The maximum absolute atomic E-state index is 10.8. The van der Waals surface area contributed by atoms with Crippen LogP contribution in [0.3, 0.4) is 0 Å². The van der Waals surface area contributed by atoms with E-state index in [1.807, 2.05) is 6.92 Å². The minimum Gasteiger partial charge on any atom is -0.292 e. The van der Waals surface area contributed by atoms with Crippen LogP contribution < -0.4 is 0 Å². The number of nitrogens with zero attached hydrogens (tertiary/aromatic N) is 1. The van der Waals surface area contributed by atoms with E-state index in [0.29, 0.717) is 5.70 Å².